The van der Waals surface area contributed by atoms with E-state index in [4.69, 9.17) is 5.73 Å². The first-order chi connectivity index (χ1) is 9.96. The van der Waals surface area contributed by atoms with E-state index in [0.717, 1.165) is 19.3 Å². The molecule has 3 atom stereocenters. The molecular weight excluding hydrogens is 262 g/mol. The van der Waals surface area contributed by atoms with Crippen LogP contribution in [-0.4, -0.2) is 17.6 Å². The summed E-state index contributed by atoms with van der Waals surface area (Å²) < 4.78 is 0. The molecule has 0 unspecified atom stereocenters. The van der Waals surface area contributed by atoms with Gasteiger partial charge < -0.3 is 10.8 Å². The summed E-state index contributed by atoms with van der Waals surface area (Å²) in [6.45, 7) is 4.97. The standard InChI is InChI=1S/C18H27NO2/c1-13(2)16-10-18(12-19,11-17(20)21)9-15(16)8-14-6-4-3-5-7-14/h3-7,13,15-16H,8-12,19H2,1-2H3,(H,20,21)/t15-,16+,18-/m1/s1. The fourth-order valence-electron chi connectivity index (χ4n) is 4.08. The number of nitrogens with two attached hydrogens (primary N) is 1. The second-order valence-electron chi connectivity index (χ2n) is 7.04. The van der Waals surface area contributed by atoms with Crippen LogP contribution in [0.2, 0.25) is 0 Å². The maximum absolute atomic E-state index is 11.2. The van der Waals surface area contributed by atoms with E-state index in [9.17, 15) is 9.90 Å². The van der Waals surface area contributed by atoms with E-state index in [0.29, 0.717) is 24.3 Å². The van der Waals surface area contributed by atoms with Crippen LogP contribution >= 0.6 is 0 Å². The van der Waals surface area contributed by atoms with Gasteiger partial charge in [-0.15, -0.1) is 0 Å². The second kappa shape index (κ2) is 6.61. The molecule has 0 heterocycles. The molecule has 0 bridgehead atoms. The Kier molecular flexibility index (Phi) is 5.04. The molecule has 116 valence electrons. The monoisotopic (exact) mass is 289 g/mol. The minimum atomic E-state index is -0.719. The van der Waals surface area contributed by atoms with Crippen LogP contribution in [0.15, 0.2) is 30.3 Å². The molecule has 1 aromatic rings. The lowest BCUT2D eigenvalue weighted by molar-refractivity contribution is -0.139. The Balaban J connectivity index is 2.17. The summed E-state index contributed by atoms with van der Waals surface area (Å²) in [5, 5.41) is 9.22. The zero-order valence-corrected chi connectivity index (χ0v) is 13.1. The van der Waals surface area contributed by atoms with E-state index in [1.165, 1.54) is 5.56 Å². The summed E-state index contributed by atoms with van der Waals surface area (Å²) in [7, 11) is 0. The molecule has 3 heteroatoms. The van der Waals surface area contributed by atoms with Crippen LogP contribution in [0, 0.1) is 23.2 Å². The minimum Gasteiger partial charge on any atom is -0.481 e. The minimum absolute atomic E-state index is 0.206. The molecule has 1 aliphatic carbocycles. The molecule has 1 aromatic carbocycles. The van der Waals surface area contributed by atoms with Gasteiger partial charge in [-0.25, -0.2) is 0 Å². The molecule has 0 spiro atoms. The number of rotatable bonds is 6. The SMILES string of the molecule is CC(C)[C@@H]1C[C@@](CN)(CC(=O)O)C[C@H]1Cc1ccccc1. The Labute approximate surface area is 127 Å². The lowest BCUT2D eigenvalue weighted by atomic mass is 9.80. The molecule has 1 saturated carbocycles. The number of benzene rings is 1. The molecule has 1 aliphatic rings. The van der Waals surface area contributed by atoms with Crippen LogP contribution in [-0.2, 0) is 11.2 Å². The molecular formula is C18H27NO2. The number of hydrogen-bond donors (Lipinski definition) is 2. The number of hydrogen-bond acceptors (Lipinski definition) is 2. The zero-order valence-electron chi connectivity index (χ0n) is 13.1. The van der Waals surface area contributed by atoms with E-state index < -0.39 is 5.97 Å². The van der Waals surface area contributed by atoms with Gasteiger partial charge >= 0.3 is 5.97 Å². The van der Waals surface area contributed by atoms with Crippen molar-refractivity contribution < 1.29 is 9.90 Å². The van der Waals surface area contributed by atoms with Crippen LogP contribution < -0.4 is 5.73 Å². The van der Waals surface area contributed by atoms with Crippen LogP contribution in [0.5, 0.6) is 0 Å². The van der Waals surface area contributed by atoms with Gasteiger partial charge in [0.15, 0.2) is 0 Å². The van der Waals surface area contributed by atoms with Crippen LogP contribution in [0.25, 0.3) is 0 Å². The van der Waals surface area contributed by atoms with Crippen molar-refractivity contribution in [2.45, 2.75) is 39.5 Å². The van der Waals surface area contributed by atoms with Gasteiger partial charge in [0.1, 0.15) is 0 Å². The highest BCUT2D eigenvalue weighted by Gasteiger charge is 2.46. The first-order valence-electron chi connectivity index (χ1n) is 7.91. The Morgan fingerprint density at radius 2 is 2.00 bits per heavy atom. The predicted octanol–water partition coefficient (Wildman–Crippen LogP) is 3.33. The number of aliphatic carboxylic acids is 1. The number of carbonyl (C=O) groups is 1. The molecule has 21 heavy (non-hydrogen) atoms. The summed E-state index contributed by atoms with van der Waals surface area (Å²) in [5.41, 5.74) is 7.11. The third-order valence-electron chi connectivity index (χ3n) is 5.13. The van der Waals surface area contributed by atoms with E-state index in [1.807, 2.05) is 6.07 Å². The van der Waals surface area contributed by atoms with Gasteiger partial charge in [-0.1, -0.05) is 44.2 Å². The summed E-state index contributed by atoms with van der Waals surface area (Å²) in [6, 6.07) is 10.5. The summed E-state index contributed by atoms with van der Waals surface area (Å²) >= 11 is 0. The summed E-state index contributed by atoms with van der Waals surface area (Å²) in [6.07, 6.45) is 3.13. The largest absolute Gasteiger partial charge is 0.481 e. The molecule has 3 nitrogen and oxygen atoms in total. The fourth-order valence-corrected chi connectivity index (χ4v) is 4.08. The third kappa shape index (κ3) is 3.85. The van der Waals surface area contributed by atoms with Gasteiger partial charge in [0.05, 0.1) is 6.42 Å². The third-order valence-corrected chi connectivity index (χ3v) is 5.13. The van der Waals surface area contributed by atoms with Crippen molar-refractivity contribution >= 4 is 5.97 Å². The van der Waals surface area contributed by atoms with E-state index in [1.54, 1.807) is 0 Å². The summed E-state index contributed by atoms with van der Waals surface area (Å²) in [4.78, 5) is 11.2. The normalized spacial score (nSPS) is 29.0. The van der Waals surface area contributed by atoms with Crippen LogP contribution in [0.4, 0.5) is 0 Å². The van der Waals surface area contributed by atoms with Crippen LogP contribution in [0.3, 0.4) is 0 Å². The second-order valence-corrected chi connectivity index (χ2v) is 7.04. The van der Waals surface area contributed by atoms with Crippen molar-refractivity contribution in [3.63, 3.8) is 0 Å². The van der Waals surface area contributed by atoms with Gasteiger partial charge in [-0.3, -0.25) is 4.79 Å². The maximum Gasteiger partial charge on any atom is 0.303 e. The maximum atomic E-state index is 11.2. The van der Waals surface area contributed by atoms with Gasteiger partial charge in [-0.2, -0.15) is 0 Å². The Morgan fingerprint density at radius 3 is 2.52 bits per heavy atom. The molecule has 0 radical (unpaired) electrons. The topological polar surface area (TPSA) is 63.3 Å². The molecule has 2 rings (SSSR count). The quantitative estimate of drug-likeness (QED) is 0.844. The Bertz CT molecular complexity index is 471. The average molecular weight is 289 g/mol. The van der Waals surface area contributed by atoms with Crippen molar-refractivity contribution in [3.05, 3.63) is 35.9 Å². The smallest absolute Gasteiger partial charge is 0.303 e. The van der Waals surface area contributed by atoms with E-state index in [2.05, 4.69) is 38.1 Å². The average Bonchev–Trinajstić information content (AvgIpc) is 2.78. The highest BCUT2D eigenvalue weighted by atomic mass is 16.4. The molecule has 0 aromatic heterocycles. The van der Waals surface area contributed by atoms with Gasteiger partial charge in [0.2, 0.25) is 0 Å². The van der Waals surface area contributed by atoms with Crippen molar-refractivity contribution in [1.29, 1.82) is 0 Å². The number of carboxylic acid groups (broad SMARTS) is 1. The van der Waals surface area contributed by atoms with Crippen molar-refractivity contribution in [3.8, 4) is 0 Å². The molecule has 0 amide bonds. The molecule has 0 aliphatic heterocycles. The Morgan fingerprint density at radius 1 is 1.33 bits per heavy atom. The number of carboxylic acids is 1. The lowest BCUT2D eigenvalue weighted by Gasteiger charge is -2.26. The van der Waals surface area contributed by atoms with E-state index >= 15 is 0 Å². The lowest BCUT2D eigenvalue weighted by Crippen LogP contribution is -2.31. The highest BCUT2D eigenvalue weighted by Crippen LogP contribution is 2.51. The molecule has 1 fully saturated rings. The predicted molar refractivity (Wildman–Crippen MR) is 84.9 cm³/mol. The first kappa shape index (κ1) is 16.0. The molecule has 3 N–H and O–H groups in total. The van der Waals surface area contributed by atoms with Gasteiger partial charge in [-0.05, 0) is 54.5 Å². The molecule has 0 saturated heterocycles. The first-order valence-corrected chi connectivity index (χ1v) is 7.91. The van der Waals surface area contributed by atoms with Gasteiger partial charge in [0, 0.05) is 0 Å². The van der Waals surface area contributed by atoms with Gasteiger partial charge in [0.25, 0.3) is 0 Å². The van der Waals surface area contributed by atoms with Crippen molar-refractivity contribution in [2.24, 2.45) is 28.9 Å². The van der Waals surface area contributed by atoms with E-state index in [-0.39, 0.29) is 11.8 Å². The summed E-state index contributed by atoms with van der Waals surface area (Å²) in [5.74, 6) is 0.952. The highest BCUT2D eigenvalue weighted by molar-refractivity contribution is 5.67. The van der Waals surface area contributed by atoms with Crippen molar-refractivity contribution in [2.75, 3.05) is 6.54 Å². The van der Waals surface area contributed by atoms with Crippen LogP contribution in [0.1, 0.15) is 38.7 Å². The Hall–Kier alpha value is -1.35. The fraction of sp³-hybridized carbons (Fsp3) is 0.611. The zero-order chi connectivity index (χ0) is 15.5. The van der Waals surface area contributed by atoms with Crippen molar-refractivity contribution in [1.82, 2.24) is 0 Å².